The topological polar surface area (TPSA) is 3.24 Å². The molecule has 0 aromatic heterocycles. The fourth-order valence-electron chi connectivity index (χ4n) is 2.78. The van der Waals surface area contributed by atoms with E-state index in [-0.39, 0.29) is 0 Å². The zero-order valence-corrected chi connectivity index (χ0v) is 11.8. The van der Waals surface area contributed by atoms with E-state index in [4.69, 9.17) is 0 Å². The number of hydrogen-bond acceptors (Lipinski definition) is 1. The van der Waals surface area contributed by atoms with Gasteiger partial charge in [-0.2, -0.15) is 0 Å². The normalized spacial score (nSPS) is 15.3. The van der Waals surface area contributed by atoms with Crippen molar-refractivity contribution in [3.05, 3.63) is 29.8 Å². The van der Waals surface area contributed by atoms with E-state index < -0.39 is 0 Å². The van der Waals surface area contributed by atoms with Crippen LogP contribution in [0.15, 0.2) is 24.3 Å². The summed E-state index contributed by atoms with van der Waals surface area (Å²) in [6.45, 7) is 4.77. The average Bonchev–Trinajstić information content (AvgIpc) is 2.93. The Morgan fingerprint density at radius 3 is 2.22 bits per heavy atom. The van der Waals surface area contributed by atoms with E-state index in [1.54, 1.807) is 0 Å². The Hall–Kier alpha value is -0.980. The van der Waals surface area contributed by atoms with Crippen LogP contribution in [0.5, 0.6) is 0 Å². The second kappa shape index (κ2) is 7.45. The molecule has 0 aliphatic carbocycles. The molecule has 1 aromatic carbocycles. The van der Waals surface area contributed by atoms with Gasteiger partial charge in [0.1, 0.15) is 0 Å². The molecule has 1 saturated heterocycles. The first-order valence-electron chi connectivity index (χ1n) is 7.74. The highest BCUT2D eigenvalue weighted by atomic mass is 15.1. The van der Waals surface area contributed by atoms with Crippen molar-refractivity contribution in [1.82, 2.24) is 0 Å². The zero-order valence-electron chi connectivity index (χ0n) is 11.8. The molecule has 2 rings (SSSR count). The standard InChI is InChI=1S/C17H27N/c1-2-3-4-5-6-9-16-10-12-17(13-11-16)18-14-7-8-15-18/h10-13H,2-9,14-15H2,1H3. The van der Waals surface area contributed by atoms with Gasteiger partial charge in [-0.15, -0.1) is 0 Å². The predicted octanol–water partition coefficient (Wildman–Crippen LogP) is 4.80. The van der Waals surface area contributed by atoms with Crippen LogP contribution in [0.1, 0.15) is 57.4 Å². The van der Waals surface area contributed by atoms with Gasteiger partial charge in [-0.25, -0.2) is 0 Å². The molecule has 1 nitrogen and oxygen atoms in total. The fraction of sp³-hybridized carbons (Fsp3) is 0.647. The molecule has 0 N–H and O–H groups in total. The SMILES string of the molecule is CCCCCCCc1ccc(N2CCCC2)cc1. The van der Waals surface area contributed by atoms with Crippen molar-refractivity contribution >= 4 is 5.69 Å². The van der Waals surface area contributed by atoms with Gasteiger partial charge >= 0.3 is 0 Å². The van der Waals surface area contributed by atoms with Crippen LogP contribution in [0.25, 0.3) is 0 Å². The maximum Gasteiger partial charge on any atom is 0.0366 e. The van der Waals surface area contributed by atoms with Gasteiger partial charge in [0.05, 0.1) is 0 Å². The zero-order chi connectivity index (χ0) is 12.6. The van der Waals surface area contributed by atoms with Crippen molar-refractivity contribution in [3.63, 3.8) is 0 Å². The van der Waals surface area contributed by atoms with Gasteiger partial charge in [0.15, 0.2) is 0 Å². The summed E-state index contributed by atoms with van der Waals surface area (Å²) < 4.78 is 0. The quantitative estimate of drug-likeness (QED) is 0.624. The highest BCUT2D eigenvalue weighted by Gasteiger charge is 2.11. The molecule has 0 unspecified atom stereocenters. The summed E-state index contributed by atoms with van der Waals surface area (Å²) >= 11 is 0. The minimum absolute atomic E-state index is 1.25. The number of unbranched alkanes of at least 4 members (excludes halogenated alkanes) is 4. The highest BCUT2D eigenvalue weighted by molar-refractivity contribution is 5.48. The van der Waals surface area contributed by atoms with Gasteiger partial charge in [0.2, 0.25) is 0 Å². The van der Waals surface area contributed by atoms with E-state index >= 15 is 0 Å². The van der Waals surface area contributed by atoms with Crippen LogP contribution >= 0.6 is 0 Å². The number of anilines is 1. The summed E-state index contributed by atoms with van der Waals surface area (Å²) in [5.74, 6) is 0. The summed E-state index contributed by atoms with van der Waals surface area (Å²) in [6.07, 6.45) is 10.9. The van der Waals surface area contributed by atoms with Crippen LogP contribution < -0.4 is 4.90 Å². The number of nitrogens with zero attached hydrogens (tertiary/aromatic N) is 1. The van der Waals surface area contributed by atoms with Gasteiger partial charge in [-0.3, -0.25) is 0 Å². The molecule has 18 heavy (non-hydrogen) atoms. The summed E-state index contributed by atoms with van der Waals surface area (Å²) in [4.78, 5) is 2.50. The Bertz CT molecular complexity index is 322. The van der Waals surface area contributed by atoms with E-state index in [1.165, 1.54) is 75.7 Å². The van der Waals surface area contributed by atoms with E-state index in [1.807, 2.05) is 0 Å². The smallest absolute Gasteiger partial charge is 0.0366 e. The Labute approximate surface area is 112 Å². The molecule has 1 aliphatic heterocycles. The molecule has 0 spiro atoms. The maximum atomic E-state index is 2.50. The molecule has 1 heteroatoms. The van der Waals surface area contributed by atoms with Gasteiger partial charge in [0.25, 0.3) is 0 Å². The molecule has 1 heterocycles. The summed E-state index contributed by atoms with van der Waals surface area (Å²) in [5, 5.41) is 0. The molecule has 0 amide bonds. The number of aryl methyl sites for hydroxylation is 1. The number of rotatable bonds is 7. The Balaban J connectivity index is 1.73. The second-order valence-corrected chi connectivity index (χ2v) is 5.52. The van der Waals surface area contributed by atoms with Crippen molar-refractivity contribution in [2.24, 2.45) is 0 Å². The fourth-order valence-corrected chi connectivity index (χ4v) is 2.78. The van der Waals surface area contributed by atoms with Gasteiger partial charge in [0, 0.05) is 18.8 Å². The highest BCUT2D eigenvalue weighted by Crippen LogP contribution is 2.21. The van der Waals surface area contributed by atoms with E-state index in [0.717, 1.165) is 0 Å². The molecular weight excluding hydrogens is 218 g/mol. The minimum Gasteiger partial charge on any atom is -0.372 e. The first kappa shape index (κ1) is 13.5. The molecule has 100 valence electrons. The lowest BCUT2D eigenvalue weighted by Gasteiger charge is -2.17. The average molecular weight is 245 g/mol. The third-order valence-corrected chi connectivity index (χ3v) is 3.98. The molecule has 0 radical (unpaired) electrons. The van der Waals surface area contributed by atoms with E-state index in [0.29, 0.717) is 0 Å². The molecular formula is C17H27N. The summed E-state index contributed by atoms with van der Waals surface area (Å²) in [7, 11) is 0. The first-order valence-corrected chi connectivity index (χ1v) is 7.74. The van der Waals surface area contributed by atoms with Crippen molar-refractivity contribution in [3.8, 4) is 0 Å². The molecule has 1 aliphatic rings. The van der Waals surface area contributed by atoms with Gasteiger partial charge < -0.3 is 4.90 Å². The van der Waals surface area contributed by atoms with Crippen molar-refractivity contribution in [1.29, 1.82) is 0 Å². The molecule has 1 aromatic rings. The first-order chi connectivity index (χ1) is 8.90. The predicted molar refractivity (Wildman–Crippen MR) is 80.4 cm³/mol. The monoisotopic (exact) mass is 245 g/mol. The number of hydrogen-bond donors (Lipinski definition) is 0. The van der Waals surface area contributed by atoms with Crippen molar-refractivity contribution in [2.45, 2.75) is 58.3 Å². The lowest BCUT2D eigenvalue weighted by molar-refractivity contribution is 0.632. The summed E-state index contributed by atoms with van der Waals surface area (Å²) in [6, 6.07) is 9.28. The molecule has 0 saturated carbocycles. The van der Waals surface area contributed by atoms with Crippen molar-refractivity contribution < 1.29 is 0 Å². The van der Waals surface area contributed by atoms with E-state index in [9.17, 15) is 0 Å². The lowest BCUT2D eigenvalue weighted by atomic mass is 10.1. The third-order valence-electron chi connectivity index (χ3n) is 3.98. The third kappa shape index (κ3) is 4.04. The maximum absolute atomic E-state index is 2.50. The Kier molecular flexibility index (Phi) is 5.57. The van der Waals surface area contributed by atoms with Crippen LogP contribution in [0.2, 0.25) is 0 Å². The minimum atomic E-state index is 1.25. The molecule has 1 fully saturated rings. The summed E-state index contributed by atoms with van der Waals surface area (Å²) in [5.41, 5.74) is 2.93. The van der Waals surface area contributed by atoms with Crippen LogP contribution in [0.3, 0.4) is 0 Å². The van der Waals surface area contributed by atoms with E-state index in [2.05, 4.69) is 36.1 Å². The second-order valence-electron chi connectivity index (χ2n) is 5.52. The lowest BCUT2D eigenvalue weighted by Crippen LogP contribution is -2.17. The largest absolute Gasteiger partial charge is 0.372 e. The van der Waals surface area contributed by atoms with Crippen LogP contribution in [0, 0.1) is 0 Å². The van der Waals surface area contributed by atoms with Crippen LogP contribution in [-0.4, -0.2) is 13.1 Å². The van der Waals surface area contributed by atoms with Gasteiger partial charge in [-0.1, -0.05) is 44.7 Å². The number of benzene rings is 1. The van der Waals surface area contributed by atoms with Crippen molar-refractivity contribution in [2.75, 3.05) is 18.0 Å². The Morgan fingerprint density at radius 1 is 0.889 bits per heavy atom. The molecule has 0 atom stereocenters. The van der Waals surface area contributed by atoms with Gasteiger partial charge in [-0.05, 0) is 43.4 Å². The van der Waals surface area contributed by atoms with Crippen LogP contribution in [0.4, 0.5) is 5.69 Å². The molecule has 0 bridgehead atoms. The Morgan fingerprint density at radius 2 is 1.56 bits per heavy atom. The van der Waals surface area contributed by atoms with Crippen LogP contribution in [-0.2, 0) is 6.42 Å².